The van der Waals surface area contributed by atoms with Gasteiger partial charge >= 0.3 is 0 Å². The summed E-state index contributed by atoms with van der Waals surface area (Å²) in [5.74, 6) is -1.47. The van der Waals surface area contributed by atoms with Gasteiger partial charge in [0.05, 0.1) is 23.0 Å². The lowest BCUT2D eigenvalue weighted by atomic mass is 9.86. The molecule has 0 spiro atoms. The van der Waals surface area contributed by atoms with Crippen LogP contribution in [0.5, 0.6) is 0 Å². The fourth-order valence-electron chi connectivity index (χ4n) is 11.7. The largest absolute Gasteiger partial charge is 0.386 e. The Bertz CT molecular complexity index is 3050. The number of anilines is 3. The van der Waals surface area contributed by atoms with Gasteiger partial charge in [-0.15, -0.1) is 0 Å². The number of halogens is 2. The number of pyridine rings is 2. The zero-order chi connectivity index (χ0) is 50.0. The molecule has 17 heteroatoms. The van der Waals surface area contributed by atoms with Crippen LogP contribution >= 0.6 is 0 Å². The molecule has 71 heavy (non-hydrogen) atoms. The minimum atomic E-state index is -0.802. The van der Waals surface area contributed by atoms with E-state index in [0.29, 0.717) is 67.4 Å². The summed E-state index contributed by atoms with van der Waals surface area (Å²) >= 11 is 0. The van der Waals surface area contributed by atoms with E-state index in [1.807, 2.05) is 61.6 Å². The van der Waals surface area contributed by atoms with Crippen molar-refractivity contribution in [3.05, 3.63) is 117 Å². The molecule has 10 rings (SSSR count). The van der Waals surface area contributed by atoms with Gasteiger partial charge in [0.1, 0.15) is 17.5 Å². The van der Waals surface area contributed by atoms with Gasteiger partial charge in [0.25, 0.3) is 11.5 Å². The van der Waals surface area contributed by atoms with Crippen LogP contribution in [-0.4, -0.2) is 124 Å². The predicted octanol–water partition coefficient (Wildman–Crippen LogP) is 6.31. The number of aromatic nitrogens is 3. The van der Waals surface area contributed by atoms with Gasteiger partial charge in [0.2, 0.25) is 17.7 Å². The lowest BCUT2D eigenvalue weighted by Gasteiger charge is -2.40. The lowest BCUT2D eigenvalue weighted by Crippen LogP contribution is -2.55. The standard InChI is InChI=1S/C54H62F2N10O5/c1-32-25-36(26-40(55)49(32)35-14-19-62(20-15-35)33(2)46-28-38-43(11-16-58-50(38)60(46)6)65-31-41(56)42(57-5)29-48(65)68)52(70)64-17-12-34(13-18-64)30-61-21-23-63(24-22-61)37-7-8-44-39(27-37)54(3,4)53(71)66(44)45-9-10-47(67)59-51(45)69/h7-8,11,14,16,25-29,31,33-34,45,57H,9-10,12-13,15,17-24,30H2,1-6H3,(H,59,67,69)/t33-,45-/m0/s1. The molecule has 3 saturated heterocycles. The van der Waals surface area contributed by atoms with Crippen LogP contribution in [0.25, 0.3) is 22.3 Å². The number of likely N-dealkylation sites (tertiary alicyclic amines) is 1. The number of nitrogens with one attached hydrogen (secondary N) is 2. The SMILES string of the molecule is CNc1cc(=O)n(-c2ccnc3c2cc([C@H](C)N2CC=C(c4c(C)cc(C(=O)N5CCC(CN6CCN(c7ccc8c(c7)C(C)(C)C(=O)N8[C@H]7CCC(=O)NC7=O)CC6)CC5)cc4F)CC2)n3C)cc1F. The Kier molecular flexibility index (Phi) is 12.7. The van der Waals surface area contributed by atoms with Gasteiger partial charge in [-0.1, -0.05) is 6.08 Å². The second-order valence-electron chi connectivity index (χ2n) is 20.5. The van der Waals surface area contributed by atoms with E-state index in [-0.39, 0.29) is 47.2 Å². The summed E-state index contributed by atoms with van der Waals surface area (Å²) in [6.07, 6.45) is 7.80. The molecule has 372 valence electrons. The Balaban J connectivity index is 0.725. The van der Waals surface area contributed by atoms with Crippen molar-refractivity contribution in [2.24, 2.45) is 13.0 Å². The number of benzene rings is 2. The van der Waals surface area contributed by atoms with Crippen molar-refractivity contribution in [1.82, 2.24) is 34.1 Å². The van der Waals surface area contributed by atoms with Gasteiger partial charge < -0.3 is 19.7 Å². The highest BCUT2D eigenvalue weighted by atomic mass is 19.1. The highest BCUT2D eigenvalue weighted by Crippen LogP contribution is 2.45. The first-order valence-corrected chi connectivity index (χ1v) is 24.9. The molecule has 3 aromatic heterocycles. The molecule has 8 heterocycles. The molecule has 2 atom stereocenters. The van der Waals surface area contributed by atoms with Crippen LogP contribution in [0, 0.1) is 24.5 Å². The molecule has 0 unspecified atom stereocenters. The van der Waals surface area contributed by atoms with Gasteiger partial charge in [0.15, 0.2) is 5.82 Å². The quantitative estimate of drug-likeness (QED) is 0.153. The minimum absolute atomic E-state index is 0.0477. The zero-order valence-electron chi connectivity index (χ0n) is 41.4. The molecule has 5 aliphatic rings. The van der Waals surface area contributed by atoms with Crippen molar-refractivity contribution in [3.8, 4) is 5.69 Å². The number of aryl methyl sites for hydroxylation is 2. The maximum absolute atomic E-state index is 16.1. The van der Waals surface area contributed by atoms with Crippen molar-refractivity contribution >= 4 is 57.3 Å². The molecule has 0 aliphatic carbocycles. The average Bonchev–Trinajstić information content (AvgIpc) is 3.80. The van der Waals surface area contributed by atoms with Crippen molar-refractivity contribution in [2.45, 2.75) is 77.3 Å². The van der Waals surface area contributed by atoms with E-state index in [1.165, 1.54) is 22.9 Å². The van der Waals surface area contributed by atoms with E-state index < -0.39 is 23.2 Å². The molecule has 0 radical (unpaired) electrons. The van der Waals surface area contributed by atoms with Gasteiger partial charge in [-0.05, 0) is 118 Å². The van der Waals surface area contributed by atoms with Crippen LogP contribution in [0.2, 0.25) is 0 Å². The molecule has 5 aliphatic heterocycles. The average molecular weight is 969 g/mol. The summed E-state index contributed by atoms with van der Waals surface area (Å²) in [7, 11) is 3.50. The Morgan fingerprint density at radius 2 is 1.66 bits per heavy atom. The normalized spacial score (nSPS) is 20.6. The smallest absolute Gasteiger partial charge is 0.257 e. The predicted molar refractivity (Wildman–Crippen MR) is 270 cm³/mol. The number of piperidine rings is 2. The first-order chi connectivity index (χ1) is 34.0. The molecule has 0 bridgehead atoms. The highest BCUT2D eigenvalue weighted by molar-refractivity contribution is 6.14. The maximum Gasteiger partial charge on any atom is 0.257 e. The summed E-state index contributed by atoms with van der Waals surface area (Å²) < 4.78 is 34.2. The van der Waals surface area contributed by atoms with E-state index in [9.17, 15) is 28.4 Å². The van der Waals surface area contributed by atoms with Crippen LogP contribution in [0.3, 0.4) is 0 Å². The third kappa shape index (κ3) is 8.70. The summed E-state index contributed by atoms with van der Waals surface area (Å²) in [5, 5.41) is 5.84. The second kappa shape index (κ2) is 18.8. The summed E-state index contributed by atoms with van der Waals surface area (Å²) in [6.45, 7) is 14.7. The third-order valence-electron chi connectivity index (χ3n) is 15.9. The van der Waals surface area contributed by atoms with Gasteiger partial charge in [-0.2, -0.15) is 0 Å². The van der Waals surface area contributed by atoms with Crippen molar-refractivity contribution in [1.29, 1.82) is 0 Å². The van der Waals surface area contributed by atoms with E-state index in [1.54, 1.807) is 24.2 Å². The van der Waals surface area contributed by atoms with Gasteiger partial charge in [-0.25, -0.2) is 13.8 Å². The number of rotatable bonds is 10. The fourth-order valence-corrected chi connectivity index (χ4v) is 11.7. The summed E-state index contributed by atoms with van der Waals surface area (Å²) in [4.78, 5) is 80.3. The van der Waals surface area contributed by atoms with E-state index in [4.69, 9.17) is 0 Å². The van der Waals surface area contributed by atoms with Crippen LogP contribution in [0.15, 0.2) is 71.8 Å². The van der Waals surface area contributed by atoms with Crippen molar-refractivity contribution in [3.63, 3.8) is 0 Å². The highest BCUT2D eigenvalue weighted by Gasteiger charge is 2.49. The molecular weight excluding hydrogens is 907 g/mol. The fraction of sp³-hybridized carbons (Fsp3) is 0.444. The molecule has 2 N–H and O–H groups in total. The van der Waals surface area contributed by atoms with E-state index >= 15 is 4.39 Å². The third-order valence-corrected chi connectivity index (χ3v) is 15.9. The Morgan fingerprint density at radius 3 is 2.35 bits per heavy atom. The molecular formula is C54H62F2N10O5. The number of carbonyl (C=O) groups is 4. The molecule has 2 aromatic carbocycles. The van der Waals surface area contributed by atoms with Crippen LogP contribution in [-0.2, 0) is 26.8 Å². The second-order valence-corrected chi connectivity index (χ2v) is 20.5. The number of hydrogen-bond acceptors (Lipinski definition) is 10. The number of amides is 4. The number of nitrogens with zero attached hydrogens (tertiary/aromatic N) is 8. The minimum Gasteiger partial charge on any atom is -0.386 e. The van der Waals surface area contributed by atoms with Crippen LogP contribution in [0.1, 0.15) is 91.7 Å². The van der Waals surface area contributed by atoms with E-state index in [2.05, 4.69) is 49.4 Å². The number of carbonyl (C=O) groups excluding carboxylic acids is 4. The molecule has 15 nitrogen and oxygen atoms in total. The summed E-state index contributed by atoms with van der Waals surface area (Å²) in [5.41, 5.74) is 6.43. The monoisotopic (exact) mass is 968 g/mol. The number of hydrogen-bond donors (Lipinski definition) is 2. The van der Waals surface area contributed by atoms with Crippen LogP contribution in [0.4, 0.5) is 25.8 Å². The zero-order valence-corrected chi connectivity index (χ0v) is 41.4. The van der Waals surface area contributed by atoms with Crippen molar-refractivity contribution in [2.75, 3.05) is 81.1 Å². The summed E-state index contributed by atoms with van der Waals surface area (Å²) in [6, 6.07) is 13.5. The molecule has 5 aromatic rings. The van der Waals surface area contributed by atoms with Gasteiger partial charge in [0, 0.05) is 131 Å². The Hall–Kier alpha value is -6.72. The van der Waals surface area contributed by atoms with Gasteiger partial charge in [-0.3, -0.25) is 48.6 Å². The topological polar surface area (TPSA) is 148 Å². The Labute approximate surface area is 412 Å². The van der Waals surface area contributed by atoms with Crippen LogP contribution < -0.4 is 26.0 Å². The maximum atomic E-state index is 16.1. The number of piperazine rings is 1. The Morgan fingerprint density at radius 1 is 0.901 bits per heavy atom. The lowest BCUT2D eigenvalue weighted by molar-refractivity contribution is -0.136. The first-order valence-electron chi connectivity index (χ1n) is 24.9. The van der Waals surface area contributed by atoms with Crippen molar-refractivity contribution < 1.29 is 28.0 Å². The molecule has 4 amide bonds. The number of fused-ring (bicyclic) bond motifs is 2. The molecule has 0 saturated carbocycles. The molecule has 3 fully saturated rings. The first kappa shape index (κ1) is 47.9. The number of imide groups is 1. The van der Waals surface area contributed by atoms with E-state index in [0.717, 1.165) is 84.7 Å².